The molecule has 0 atom stereocenters. The van der Waals surface area contributed by atoms with Crippen LogP contribution in [0.1, 0.15) is 5.56 Å². The topological polar surface area (TPSA) is 84.1 Å². The van der Waals surface area contributed by atoms with E-state index in [4.69, 9.17) is 5.73 Å². The van der Waals surface area contributed by atoms with E-state index >= 15 is 0 Å². The van der Waals surface area contributed by atoms with Gasteiger partial charge in [0.1, 0.15) is 11.6 Å². The van der Waals surface area contributed by atoms with Crippen molar-refractivity contribution in [1.29, 1.82) is 0 Å². The normalized spacial score (nSPS) is 10.8. The molecular weight excluding hydrogens is 271 g/mol. The van der Waals surface area contributed by atoms with Crippen LogP contribution in [0.25, 0.3) is 10.9 Å². The fourth-order valence-corrected chi connectivity index (χ4v) is 2.01. The lowest BCUT2D eigenvalue weighted by Gasteiger charge is -2.08. The minimum absolute atomic E-state index is 0.119. The van der Waals surface area contributed by atoms with Gasteiger partial charge in [-0.3, -0.25) is 0 Å². The summed E-state index contributed by atoms with van der Waals surface area (Å²) in [5.41, 5.74) is 7.16. The maximum atomic E-state index is 13.4. The predicted octanol–water partition coefficient (Wildman–Crippen LogP) is 2.68. The molecular formula is C15H13FN4O. The van der Waals surface area contributed by atoms with Gasteiger partial charge >= 0.3 is 0 Å². The number of hydrogen-bond donors (Lipinski definition) is 3. The molecule has 0 aliphatic rings. The number of nitrogens with one attached hydrogen (secondary N) is 1. The molecule has 0 radical (unpaired) electrons. The van der Waals surface area contributed by atoms with Gasteiger partial charge in [0.15, 0.2) is 0 Å². The van der Waals surface area contributed by atoms with Crippen LogP contribution in [-0.4, -0.2) is 15.1 Å². The number of fused-ring (bicyclic) bond motifs is 1. The summed E-state index contributed by atoms with van der Waals surface area (Å²) < 4.78 is 13.4. The minimum atomic E-state index is -0.340. The van der Waals surface area contributed by atoms with E-state index in [1.165, 1.54) is 6.07 Å². The Morgan fingerprint density at radius 2 is 2.05 bits per heavy atom. The molecule has 0 amide bonds. The molecule has 2 aromatic carbocycles. The van der Waals surface area contributed by atoms with E-state index < -0.39 is 0 Å². The van der Waals surface area contributed by atoms with E-state index in [-0.39, 0.29) is 18.1 Å². The quantitative estimate of drug-likeness (QED) is 0.688. The summed E-state index contributed by atoms with van der Waals surface area (Å²) in [6, 6.07) is 9.41. The van der Waals surface area contributed by atoms with Gasteiger partial charge in [-0.2, -0.15) is 0 Å². The fourth-order valence-electron chi connectivity index (χ4n) is 2.01. The van der Waals surface area contributed by atoms with Crippen molar-refractivity contribution in [2.75, 3.05) is 5.32 Å². The summed E-state index contributed by atoms with van der Waals surface area (Å²) in [6.45, 7) is 0.119. The van der Waals surface area contributed by atoms with Crippen molar-refractivity contribution < 1.29 is 9.50 Å². The number of nitrogens with zero attached hydrogens (tertiary/aromatic N) is 2. The molecule has 3 aromatic rings. The van der Waals surface area contributed by atoms with E-state index in [9.17, 15) is 9.50 Å². The molecule has 0 unspecified atom stereocenters. The van der Waals surface area contributed by atoms with Crippen molar-refractivity contribution in [3.05, 3.63) is 54.0 Å². The Hall–Kier alpha value is -2.73. The number of anilines is 2. The molecule has 4 N–H and O–H groups in total. The van der Waals surface area contributed by atoms with Crippen molar-refractivity contribution in [3.63, 3.8) is 0 Å². The first kappa shape index (κ1) is 13.3. The zero-order valence-electron chi connectivity index (χ0n) is 11.0. The van der Waals surface area contributed by atoms with Gasteiger partial charge in [-0.05, 0) is 30.3 Å². The lowest BCUT2D eigenvalue weighted by Crippen LogP contribution is -2.02. The third-order valence-electron chi connectivity index (χ3n) is 3.09. The maximum absolute atomic E-state index is 13.4. The molecule has 0 spiro atoms. The number of halogens is 1. The molecule has 106 valence electrons. The van der Waals surface area contributed by atoms with Gasteiger partial charge in [-0.15, -0.1) is 0 Å². The van der Waals surface area contributed by atoms with Crippen LogP contribution in [0.15, 0.2) is 42.6 Å². The van der Waals surface area contributed by atoms with E-state index in [2.05, 4.69) is 15.3 Å². The number of hydrogen-bond acceptors (Lipinski definition) is 5. The summed E-state index contributed by atoms with van der Waals surface area (Å²) in [5, 5.41) is 13.3. The maximum Gasteiger partial charge on any atom is 0.227 e. The third-order valence-corrected chi connectivity index (χ3v) is 3.09. The van der Waals surface area contributed by atoms with Crippen LogP contribution >= 0.6 is 0 Å². The van der Waals surface area contributed by atoms with Crippen LogP contribution in [-0.2, 0) is 6.54 Å². The summed E-state index contributed by atoms with van der Waals surface area (Å²) in [5.74, 6) is 0.162. The standard InChI is InChI=1S/C15H13FN4O/c16-13-4-2-11(5-10(13)7-17)19-15-18-8-9-1-3-12(21)6-14(9)20-15/h1-6,8,21H,7,17H2,(H,18,19,20). The van der Waals surface area contributed by atoms with Gasteiger partial charge in [0.2, 0.25) is 5.95 Å². The van der Waals surface area contributed by atoms with Crippen LogP contribution in [0.5, 0.6) is 5.75 Å². The number of aromatic nitrogens is 2. The lowest BCUT2D eigenvalue weighted by atomic mass is 10.2. The van der Waals surface area contributed by atoms with Gasteiger partial charge in [0.25, 0.3) is 0 Å². The van der Waals surface area contributed by atoms with Crippen LogP contribution in [0.4, 0.5) is 16.0 Å². The molecule has 0 fully saturated rings. The molecule has 6 heteroatoms. The van der Waals surface area contributed by atoms with Gasteiger partial charge < -0.3 is 16.2 Å². The monoisotopic (exact) mass is 284 g/mol. The Morgan fingerprint density at radius 1 is 1.19 bits per heavy atom. The number of phenols is 1. The molecule has 0 aliphatic carbocycles. The molecule has 0 bridgehead atoms. The summed E-state index contributed by atoms with van der Waals surface area (Å²) >= 11 is 0. The zero-order valence-corrected chi connectivity index (χ0v) is 11.0. The Morgan fingerprint density at radius 3 is 2.86 bits per heavy atom. The Kier molecular flexibility index (Phi) is 3.37. The smallest absolute Gasteiger partial charge is 0.227 e. The predicted molar refractivity (Wildman–Crippen MR) is 78.8 cm³/mol. The van der Waals surface area contributed by atoms with E-state index in [0.29, 0.717) is 22.7 Å². The summed E-state index contributed by atoms with van der Waals surface area (Å²) in [4.78, 5) is 8.48. The fraction of sp³-hybridized carbons (Fsp3) is 0.0667. The Labute approximate surface area is 120 Å². The van der Waals surface area contributed by atoms with E-state index in [0.717, 1.165) is 5.39 Å². The first-order valence-corrected chi connectivity index (χ1v) is 6.37. The molecule has 5 nitrogen and oxygen atoms in total. The third kappa shape index (κ3) is 2.75. The highest BCUT2D eigenvalue weighted by Gasteiger charge is 2.05. The van der Waals surface area contributed by atoms with Crippen LogP contribution in [0.3, 0.4) is 0 Å². The van der Waals surface area contributed by atoms with E-state index in [1.54, 1.807) is 36.5 Å². The molecule has 21 heavy (non-hydrogen) atoms. The highest BCUT2D eigenvalue weighted by Crippen LogP contribution is 2.21. The SMILES string of the molecule is NCc1cc(Nc2ncc3ccc(O)cc3n2)ccc1F. The van der Waals surface area contributed by atoms with E-state index in [1.807, 2.05) is 0 Å². The number of rotatable bonds is 3. The number of aromatic hydroxyl groups is 1. The van der Waals surface area contributed by atoms with Crippen LogP contribution in [0, 0.1) is 5.82 Å². The second-order valence-corrected chi connectivity index (χ2v) is 4.57. The largest absolute Gasteiger partial charge is 0.508 e. The summed E-state index contributed by atoms with van der Waals surface area (Å²) in [6.07, 6.45) is 1.65. The highest BCUT2D eigenvalue weighted by molar-refractivity contribution is 5.80. The van der Waals surface area contributed by atoms with Gasteiger partial charge in [0, 0.05) is 35.4 Å². The second-order valence-electron chi connectivity index (χ2n) is 4.57. The van der Waals surface area contributed by atoms with Crippen molar-refractivity contribution in [2.45, 2.75) is 6.54 Å². The zero-order chi connectivity index (χ0) is 14.8. The summed E-state index contributed by atoms with van der Waals surface area (Å²) in [7, 11) is 0. The Bertz CT molecular complexity index is 807. The van der Waals surface area contributed by atoms with Gasteiger partial charge in [0.05, 0.1) is 5.52 Å². The average molecular weight is 284 g/mol. The first-order valence-electron chi connectivity index (χ1n) is 6.37. The van der Waals surface area contributed by atoms with Crippen molar-refractivity contribution in [3.8, 4) is 5.75 Å². The van der Waals surface area contributed by atoms with Gasteiger partial charge in [-0.1, -0.05) is 0 Å². The van der Waals surface area contributed by atoms with Crippen molar-refractivity contribution >= 4 is 22.5 Å². The van der Waals surface area contributed by atoms with Crippen LogP contribution < -0.4 is 11.1 Å². The molecule has 1 heterocycles. The highest BCUT2D eigenvalue weighted by atomic mass is 19.1. The number of nitrogens with two attached hydrogens (primary N) is 1. The van der Waals surface area contributed by atoms with Crippen LogP contribution in [0.2, 0.25) is 0 Å². The minimum Gasteiger partial charge on any atom is -0.508 e. The Balaban J connectivity index is 1.94. The first-order chi connectivity index (χ1) is 10.2. The molecule has 0 aliphatic heterocycles. The lowest BCUT2D eigenvalue weighted by molar-refractivity contribution is 0.476. The van der Waals surface area contributed by atoms with Crippen molar-refractivity contribution in [1.82, 2.24) is 9.97 Å². The van der Waals surface area contributed by atoms with Gasteiger partial charge in [-0.25, -0.2) is 14.4 Å². The molecule has 0 saturated carbocycles. The molecule has 3 rings (SSSR count). The van der Waals surface area contributed by atoms with Crippen molar-refractivity contribution in [2.24, 2.45) is 5.73 Å². The average Bonchev–Trinajstić information content (AvgIpc) is 2.49. The molecule has 0 saturated heterocycles. The number of phenolic OH excluding ortho intramolecular Hbond substituents is 1. The number of benzene rings is 2. The second kappa shape index (κ2) is 5.34. The molecule has 1 aromatic heterocycles.